The lowest BCUT2D eigenvalue weighted by Crippen LogP contribution is -2.30. The summed E-state index contributed by atoms with van der Waals surface area (Å²) < 4.78 is 13.0. The highest BCUT2D eigenvalue weighted by Crippen LogP contribution is 2.37. The third kappa shape index (κ3) is 3.75. The van der Waals surface area contributed by atoms with E-state index in [-0.39, 0.29) is 5.82 Å². The molecule has 0 radical (unpaired) electrons. The van der Waals surface area contributed by atoms with Crippen LogP contribution in [0.3, 0.4) is 0 Å². The van der Waals surface area contributed by atoms with Crippen molar-refractivity contribution in [1.82, 2.24) is 5.32 Å². The van der Waals surface area contributed by atoms with Crippen LogP contribution in [0.5, 0.6) is 0 Å². The van der Waals surface area contributed by atoms with E-state index in [9.17, 15) is 9.50 Å². The van der Waals surface area contributed by atoms with Crippen molar-refractivity contribution in [3.05, 3.63) is 58.0 Å². The second-order valence-electron chi connectivity index (χ2n) is 6.01. The van der Waals surface area contributed by atoms with Crippen molar-refractivity contribution in [2.24, 2.45) is 5.92 Å². The number of hydrogen-bond donors (Lipinski definition) is 2. The van der Waals surface area contributed by atoms with Gasteiger partial charge in [0.05, 0.1) is 6.10 Å². The first kappa shape index (κ1) is 15.7. The number of rotatable bonds is 6. The lowest BCUT2D eigenvalue weighted by Gasteiger charge is -2.25. The molecule has 0 aliphatic heterocycles. The molecule has 118 valence electrons. The predicted molar refractivity (Wildman–Crippen MR) is 88.4 cm³/mol. The van der Waals surface area contributed by atoms with Crippen molar-refractivity contribution >= 4 is 11.3 Å². The Morgan fingerprint density at radius 2 is 1.91 bits per heavy atom. The monoisotopic (exact) mass is 319 g/mol. The van der Waals surface area contributed by atoms with Gasteiger partial charge in [-0.05, 0) is 47.9 Å². The number of aliphatic hydroxyl groups is 1. The summed E-state index contributed by atoms with van der Waals surface area (Å²) in [6.07, 6.45) is 4.50. The van der Waals surface area contributed by atoms with Crippen LogP contribution in [0.15, 0.2) is 41.8 Å². The standard InChI is InChI=1S/C18H22FNOS/c19-15-9-7-13(8-10-15)16(21)12-20-18(14-4-1-2-5-14)17-6-3-11-22-17/h3,6-11,14,16,18,20-21H,1-2,4-5,12H2. The van der Waals surface area contributed by atoms with E-state index < -0.39 is 6.10 Å². The van der Waals surface area contributed by atoms with E-state index in [1.807, 2.05) is 0 Å². The van der Waals surface area contributed by atoms with Crippen molar-refractivity contribution in [3.63, 3.8) is 0 Å². The highest BCUT2D eigenvalue weighted by atomic mass is 32.1. The molecule has 22 heavy (non-hydrogen) atoms. The van der Waals surface area contributed by atoms with Gasteiger partial charge in [-0.15, -0.1) is 11.3 Å². The van der Waals surface area contributed by atoms with Crippen molar-refractivity contribution in [1.29, 1.82) is 0 Å². The molecule has 0 bridgehead atoms. The van der Waals surface area contributed by atoms with Gasteiger partial charge in [0, 0.05) is 17.5 Å². The van der Waals surface area contributed by atoms with Crippen LogP contribution in [0, 0.1) is 11.7 Å². The first-order valence-electron chi connectivity index (χ1n) is 7.94. The molecule has 1 heterocycles. The van der Waals surface area contributed by atoms with Gasteiger partial charge in [-0.3, -0.25) is 0 Å². The molecule has 2 nitrogen and oxygen atoms in total. The van der Waals surface area contributed by atoms with E-state index in [0.717, 1.165) is 5.56 Å². The molecule has 1 aliphatic carbocycles. The Morgan fingerprint density at radius 3 is 2.55 bits per heavy atom. The second kappa shape index (κ2) is 7.36. The zero-order valence-corrected chi connectivity index (χ0v) is 13.4. The molecule has 2 atom stereocenters. The maximum absolute atomic E-state index is 13.0. The number of benzene rings is 1. The van der Waals surface area contributed by atoms with E-state index in [4.69, 9.17) is 0 Å². The van der Waals surface area contributed by atoms with E-state index in [2.05, 4.69) is 22.8 Å². The van der Waals surface area contributed by atoms with Gasteiger partial charge in [-0.2, -0.15) is 0 Å². The van der Waals surface area contributed by atoms with E-state index in [0.29, 0.717) is 18.5 Å². The molecule has 1 saturated carbocycles. The van der Waals surface area contributed by atoms with E-state index in [1.165, 1.54) is 42.7 Å². The molecule has 4 heteroatoms. The summed E-state index contributed by atoms with van der Waals surface area (Å²) >= 11 is 1.77. The fourth-order valence-corrected chi connectivity index (χ4v) is 4.19. The Morgan fingerprint density at radius 1 is 1.18 bits per heavy atom. The Labute approximate surface area is 135 Å². The van der Waals surface area contributed by atoms with Crippen molar-refractivity contribution < 1.29 is 9.50 Å². The molecule has 0 amide bonds. The second-order valence-corrected chi connectivity index (χ2v) is 6.99. The van der Waals surface area contributed by atoms with Gasteiger partial charge in [-0.1, -0.05) is 31.0 Å². The summed E-state index contributed by atoms with van der Waals surface area (Å²) in [5.74, 6) is 0.380. The minimum absolute atomic E-state index is 0.272. The smallest absolute Gasteiger partial charge is 0.123 e. The predicted octanol–water partition coefficient (Wildman–Crippen LogP) is 4.44. The Balaban J connectivity index is 1.64. The molecular weight excluding hydrogens is 297 g/mol. The quantitative estimate of drug-likeness (QED) is 0.825. The number of nitrogens with one attached hydrogen (secondary N) is 1. The largest absolute Gasteiger partial charge is 0.387 e. The van der Waals surface area contributed by atoms with E-state index >= 15 is 0 Å². The van der Waals surface area contributed by atoms with Crippen LogP contribution in [0.4, 0.5) is 4.39 Å². The van der Waals surface area contributed by atoms with Gasteiger partial charge in [-0.25, -0.2) is 4.39 Å². The minimum atomic E-state index is -0.607. The highest BCUT2D eigenvalue weighted by molar-refractivity contribution is 7.10. The molecule has 2 N–H and O–H groups in total. The summed E-state index contributed by atoms with van der Waals surface area (Å²) in [7, 11) is 0. The van der Waals surface area contributed by atoms with Crippen LogP contribution in [0.25, 0.3) is 0 Å². The maximum Gasteiger partial charge on any atom is 0.123 e. The SMILES string of the molecule is OC(CNC(c1cccs1)C1CCCC1)c1ccc(F)cc1. The first-order chi connectivity index (χ1) is 10.7. The third-order valence-electron chi connectivity index (χ3n) is 4.51. The van der Waals surface area contributed by atoms with Crippen molar-refractivity contribution in [3.8, 4) is 0 Å². The van der Waals surface area contributed by atoms with Crippen LogP contribution in [0.2, 0.25) is 0 Å². The molecule has 1 aromatic heterocycles. The van der Waals surface area contributed by atoms with Gasteiger partial charge in [0.15, 0.2) is 0 Å². The molecule has 1 fully saturated rings. The molecule has 0 saturated heterocycles. The summed E-state index contributed by atoms with van der Waals surface area (Å²) in [5.41, 5.74) is 0.755. The van der Waals surface area contributed by atoms with Gasteiger partial charge >= 0.3 is 0 Å². The molecule has 0 spiro atoms. The minimum Gasteiger partial charge on any atom is -0.387 e. The summed E-state index contributed by atoms with van der Waals surface area (Å²) in [6, 6.07) is 10.7. The van der Waals surface area contributed by atoms with Crippen LogP contribution in [-0.4, -0.2) is 11.7 Å². The van der Waals surface area contributed by atoms with Crippen LogP contribution >= 0.6 is 11.3 Å². The lowest BCUT2D eigenvalue weighted by molar-refractivity contribution is 0.164. The van der Waals surface area contributed by atoms with Crippen LogP contribution in [0.1, 0.15) is 48.3 Å². The zero-order valence-electron chi connectivity index (χ0n) is 12.5. The van der Waals surface area contributed by atoms with Gasteiger partial charge in [0.2, 0.25) is 0 Å². The van der Waals surface area contributed by atoms with Crippen LogP contribution in [-0.2, 0) is 0 Å². The average Bonchev–Trinajstić information content (AvgIpc) is 3.22. The van der Waals surface area contributed by atoms with Gasteiger partial charge < -0.3 is 10.4 Å². The Bertz CT molecular complexity index is 563. The number of halogens is 1. The average molecular weight is 319 g/mol. The molecule has 1 aromatic carbocycles. The van der Waals surface area contributed by atoms with E-state index in [1.54, 1.807) is 23.5 Å². The summed E-state index contributed by atoms with van der Waals surface area (Å²) in [6.45, 7) is 0.491. The first-order valence-corrected chi connectivity index (χ1v) is 8.82. The molecular formula is C18H22FNOS. The van der Waals surface area contributed by atoms with Crippen molar-refractivity contribution in [2.75, 3.05) is 6.54 Å². The molecule has 2 aromatic rings. The third-order valence-corrected chi connectivity index (χ3v) is 5.46. The van der Waals surface area contributed by atoms with Gasteiger partial charge in [0.1, 0.15) is 5.82 Å². The summed E-state index contributed by atoms with van der Waals surface area (Å²) in [4.78, 5) is 1.35. The maximum atomic E-state index is 13.0. The zero-order chi connectivity index (χ0) is 15.4. The number of thiophene rings is 1. The van der Waals surface area contributed by atoms with Gasteiger partial charge in [0.25, 0.3) is 0 Å². The Kier molecular flexibility index (Phi) is 5.24. The molecule has 2 unspecified atom stereocenters. The normalized spacial score (nSPS) is 18.5. The number of aliphatic hydroxyl groups excluding tert-OH is 1. The Hall–Kier alpha value is -1.23. The molecule has 1 aliphatic rings. The van der Waals surface area contributed by atoms with Crippen LogP contribution < -0.4 is 5.32 Å². The van der Waals surface area contributed by atoms with Crippen molar-refractivity contribution in [2.45, 2.75) is 37.8 Å². The topological polar surface area (TPSA) is 32.3 Å². The fraction of sp³-hybridized carbons (Fsp3) is 0.444. The lowest BCUT2D eigenvalue weighted by atomic mass is 9.96. The summed E-state index contributed by atoms with van der Waals surface area (Å²) in [5, 5.41) is 16.0. The highest BCUT2D eigenvalue weighted by Gasteiger charge is 2.27. The molecule has 3 rings (SSSR count). The number of hydrogen-bond acceptors (Lipinski definition) is 3. The fourth-order valence-electron chi connectivity index (χ4n) is 3.30.